The lowest BCUT2D eigenvalue weighted by Gasteiger charge is -2.32. The normalized spacial score (nSPS) is 19.3. The molecule has 0 radical (unpaired) electrons. The standard InChI is InChI=1S/C6H15N.C5H6Cl3NOS2/c1-4-7(5-2)6-3;6-5(7,8)3-9(4(11)12)1-2-10-3/h4-6H2,1-3H3;3H,1-2H2,(H,11,12). The molecule has 0 bridgehead atoms. The highest BCUT2D eigenvalue weighted by molar-refractivity contribution is 8.00. The van der Waals surface area contributed by atoms with Crippen LogP contribution in [0.15, 0.2) is 0 Å². The molecule has 0 amide bonds. The monoisotopic (exact) mass is 366 g/mol. The van der Waals surface area contributed by atoms with E-state index in [2.05, 4.69) is 20.8 Å². The minimum Gasteiger partial charge on any atom is -0.411 e. The SMILES string of the molecule is CC[NH+](CC)CC.S=C([S-])N1CCOC1C(Cl)(Cl)Cl. The van der Waals surface area contributed by atoms with E-state index in [1.807, 2.05) is 0 Å². The van der Waals surface area contributed by atoms with Crippen molar-refractivity contribution >= 4 is 64.0 Å². The molecule has 1 atom stereocenters. The fraction of sp³-hybridized carbons (Fsp3) is 0.909. The lowest BCUT2D eigenvalue weighted by atomic mass is 10.5. The molecule has 0 aromatic rings. The predicted octanol–water partition coefficient (Wildman–Crippen LogP) is 1.78. The van der Waals surface area contributed by atoms with Crippen molar-refractivity contribution in [1.82, 2.24) is 4.90 Å². The molecule has 3 nitrogen and oxygen atoms in total. The number of halogens is 3. The first-order valence-corrected chi connectivity index (χ1v) is 8.22. The molecular formula is C11H21Cl3N2OS2. The molecule has 1 rings (SSSR count). The van der Waals surface area contributed by atoms with Crippen LogP contribution >= 0.6 is 47.0 Å². The van der Waals surface area contributed by atoms with Gasteiger partial charge in [0.1, 0.15) is 0 Å². The van der Waals surface area contributed by atoms with Gasteiger partial charge in [-0.25, -0.2) is 0 Å². The molecular weight excluding hydrogens is 347 g/mol. The third-order valence-electron chi connectivity index (χ3n) is 2.91. The van der Waals surface area contributed by atoms with Crippen LogP contribution in [0.2, 0.25) is 0 Å². The number of nitrogens with zero attached hydrogens (tertiary/aromatic N) is 1. The number of thiocarbonyl (C=S) groups is 1. The summed E-state index contributed by atoms with van der Waals surface area (Å²) in [7, 11) is 0. The number of ether oxygens (including phenoxy) is 1. The molecule has 1 fully saturated rings. The summed E-state index contributed by atoms with van der Waals surface area (Å²) in [6.07, 6.45) is -0.646. The quantitative estimate of drug-likeness (QED) is 0.465. The van der Waals surface area contributed by atoms with Gasteiger partial charge >= 0.3 is 0 Å². The summed E-state index contributed by atoms with van der Waals surface area (Å²) in [5.74, 6) is 0. The molecule has 0 aliphatic carbocycles. The Hall–Kier alpha value is 0.900. The van der Waals surface area contributed by atoms with Gasteiger partial charge in [-0.1, -0.05) is 39.1 Å². The van der Waals surface area contributed by atoms with Gasteiger partial charge < -0.3 is 39.4 Å². The zero-order chi connectivity index (χ0) is 15.1. The van der Waals surface area contributed by atoms with E-state index >= 15 is 0 Å². The Morgan fingerprint density at radius 1 is 1.32 bits per heavy atom. The van der Waals surface area contributed by atoms with E-state index in [9.17, 15) is 0 Å². The molecule has 1 aliphatic heterocycles. The van der Waals surface area contributed by atoms with E-state index in [0.717, 1.165) is 0 Å². The van der Waals surface area contributed by atoms with Crippen molar-refractivity contribution in [2.24, 2.45) is 0 Å². The van der Waals surface area contributed by atoms with Crippen LogP contribution in [0.1, 0.15) is 20.8 Å². The van der Waals surface area contributed by atoms with E-state index in [4.69, 9.17) is 64.4 Å². The first-order chi connectivity index (χ1) is 8.77. The van der Waals surface area contributed by atoms with E-state index in [1.165, 1.54) is 19.6 Å². The largest absolute Gasteiger partial charge is 0.411 e. The molecule has 8 heteroatoms. The topological polar surface area (TPSA) is 16.9 Å². The maximum atomic E-state index is 5.64. The van der Waals surface area contributed by atoms with Gasteiger partial charge in [-0.2, -0.15) is 0 Å². The highest BCUT2D eigenvalue weighted by Gasteiger charge is 2.40. The predicted molar refractivity (Wildman–Crippen MR) is 89.3 cm³/mol. The molecule has 0 aromatic heterocycles. The minimum atomic E-state index is -1.50. The third kappa shape index (κ3) is 7.46. The van der Waals surface area contributed by atoms with Crippen molar-refractivity contribution < 1.29 is 9.64 Å². The van der Waals surface area contributed by atoms with Crippen LogP contribution in [0.4, 0.5) is 0 Å². The lowest BCUT2D eigenvalue weighted by Crippen LogP contribution is -3.11. The Labute approximate surface area is 141 Å². The van der Waals surface area contributed by atoms with Gasteiger partial charge in [0.2, 0.25) is 3.79 Å². The van der Waals surface area contributed by atoms with Crippen molar-refractivity contribution in [1.29, 1.82) is 0 Å². The summed E-state index contributed by atoms with van der Waals surface area (Å²) in [6, 6.07) is 0. The van der Waals surface area contributed by atoms with Gasteiger partial charge in [-0.05, 0) is 20.8 Å². The van der Waals surface area contributed by atoms with Crippen LogP contribution < -0.4 is 4.90 Å². The second-order valence-corrected chi connectivity index (χ2v) is 7.44. The maximum absolute atomic E-state index is 5.64. The summed E-state index contributed by atoms with van der Waals surface area (Å²) in [5.41, 5.74) is 0. The molecule has 1 aliphatic rings. The fourth-order valence-electron chi connectivity index (χ4n) is 1.68. The highest BCUT2D eigenvalue weighted by atomic mass is 35.6. The zero-order valence-electron chi connectivity index (χ0n) is 11.4. The zero-order valence-corrected chi connectivity index (χ0v) is 15.3. The van der Waals surface area contributed by atoms with Crippen LogP contribution in [-0.2, 0) is 17.4 Å². The van der Waals surface area contributed by atoms with Crippen LogP contribution in [-0.4, -0.2) is 52.0 Å². The van der Waals surface area contributed by atoms with Crippen molar-refractivity contribution in [2.75, 3.05) is 32.8 Å². The summed E-state index contributed by atoms with van der Waals surface area (Å²) >= 11 is 26.5. The van der Waals surface area contributed by atoms with Crippen LogP contribution in [0, 0.1) is 0 Å². The number of nitrogens with one attached hydrogen (secondary N) is 1. The lowest BCUT2D eigenvalue weighted by molar-refractivity contribution is -0.894. The average Bonchev–Trinajstić information content (AvgIpc) is 2.81. The summed E-state index contributed by atoms with van der Waals surface area (Å²) < 4.78 is 3.93. The first-order valence-electron chi connectivity index (χ1n) is 6.27. The molecule has 0 saturated carbocycles. The van der Waals surface area contributed by atoms with Crippen LogP contribution in [0.5, 0.6) is 0 Å². The Kier molecular flexibility index (Phi) is 10.2. The Balaban J connectivity index is 0.000000399. The first kappa shape index (κ1) is 19.9. The second-order valence-electron chi connectivity index (χ2n) is 4.03. The molecule has 19 heavy (non-hydrogen) atoms. The van der Waals surface area contributed by atoms with E-state index in [-0.39, 0.29) is 4.32 Å². The highest BCUT2D eigenvalue weighted by Crippen LogP contribution is 2.36. The summed E-state index contributed by atoms with van der Waals surface area (Å²) in [4.78, 5) is 3.26. The van der Waals surface area contributed by atoms with Gasteiger partial charge in [0.05, 0.1) is 26.2 Å². The number of rotatable bonds is 3. The van der Waals surface area contributed by atoms with Gasteiger partial charge in [-0.15, -0.1) is 0 Å². The molecule has 0 spiro atoms. The molecule has 1 heterocycles. The molecule has 1 N–H and O–H groups in total. The van der Waals surface area contributed by atoms with Gasteiger partial charge in [-0.3, -0.25) is 0 Å². The Morgan fingerprint density at radius 2 is 1.79 bits per heavy atom. The van der Waals surface area contributed by atoms with Crippen molar-refractivity contribution in [3.05, 3.63) is 0 Å². The average molecular weight is 368 g/mol. The number of quaternary nitrogens is 1. The van der Waals surface area contributed by atoms with Crippen LogP contribution in [0.25, 0.3) is 0 Å². The molecule has 1 saturated heterocycles. The smallest absolute Gasteiger partial charge is 0.234 e. The Bertz CT molecular complexity index is 268. The van der Waals surface area contributed by atoms with E-state index in [1.54, 1.807) is 9.80 Å². The van der Waals surface area contributed by atoms with Crippen LogP contribution in [0.3, 0.4) is 0 Å². The molecule has 1 unspecified atom stereocenters. The summed E-state index contributed by atoms with van der Waals surface area (Å²) in [6.45, 7) is 11.6. The van der Waals surface area contributed by atoms with Gasteiger partial charge in [0.25, 0.3) is 0 Å². The van der Waals surface area contributed by atoms with E-state index < -0.39 is 10.0 Å². The van der Waals surface area contributed by atoms with Crippen molar-refractivity contribution in [3.63, 3.8) is 0 Å². The second kappa shape index (κ2) is 9.77. The number of alkyl halides is 3. The van der Waals surface area contributed by atoms with Gasteiger partial charge in [0, 0.05) is 6.54 Å². The molecule has 0 aromatic carbocycles. The molecule has 114 valence electrons. The summed E-state index contributed by atoms with van der Waals surface area (Å²) in [5, 5.41) is 0. The van der Waals surface area contributed by atoms with E-state index in [0.29, 0.717) is 13.2 Å². The third-order valence-corrected chi connectivity index (χ3v) is 3.93. The van der Waals surface area contributed by atoms with Crippen molar-refractivity contribution in [3.8, 4) is 0 Å². The number of hydrogen-bond donors (Lipinski definition) is 1. The number of hydrogen-bond acceptors (Lipinski definition) is 3. The maximum Gasteiger partial charge on any atom is 0.234 e. The fourth-order valence-corrected chi connectivity index (χ4v) is 2.59. The minimum absolute atomic E-state index is 0.267. The Morgan fingerprint density at radius 3 is 2.00 bits per heavy atom. The van der Waals surface area contributed by atoms with Gasteiger partial charge in [0.15, 0.2) is 6.23 Å². The van der Waals surface area contributed by atoms with Crippen molar-refractivity contribution in [2.45, 2.75) is 30.8 Å².